The Morgan fingerprint density at radius 3 is 2.38 bits per heavy atom. The fourth-order valence-electron chi connectivity index (χ4n) is 3.55. The van der Waals surface area contributed by atoms with E-state index in [1.54, 1.807) is 0 Å². The number of para-hydroxylation sites is 2. The first-order valence-corrected chi connectivity index (χ1v) is 12.2. The molecule has 0 aromatic heterocycles. The van der Waals surface area contributed by atoms with Gasteiger partial charge in [0.05, 0.1) is 5.75 Å². The van der Waals surface area contributed by atoms with Crippen molar-refractivity contribution in [2.75, 3.05) is 10.8 Å². The lowest BCUT2D eigenvalue weighted by Crippen LogP contribution is -2.28. The van der Waals surface area contributed by atoms with Gasteiger partial charge in [-0.3, -0.25) is 0 Å². The Morgan fingerprint density at radius 1 is 0.931 bits per heavy atom. The summed E-state index contributed by atoms with van der Waals surface area (Å²) < 4.78 is 36.9. The molecule has 1 aliphatic heterocycles. The van der Waals surface area contributed by atoms with E-state index >= 15 is 0 Å². The summed E-state index contributed by atoms with van der Waals surface area (Å²) in [5, 5.41) is 1.47. The fourth-order valence-corrected chi connectivity index (χ4v) is 4.51. The fraction of sp³-hybridized carbons (Fsp3) is 0.478. The quantitative estimate of drug-likeness (QED) is 0.455. The molecule has 0 spiro atoms. The highest BCUT2D eigenvalue weighted by molar-refractivity contribution is 7.86. The van der Waals surface area contributed by atoms with Crippen molar-refractivity contribution in [3.8, 4) is 11.5 Å². The highest BCUT2D eigenvalue weighted by Gasteiger charge is 2.31. The molecule has 6 heteroatoms. The summed E-state index contributed by atoms with van der Waals surface area (Å²) in [5.41, 5.74) is 3.60. The maximum absolute atomic E-state index is 12.5. The summed E-state index contributed by atoms with van der Waals surface area (Å²) in [4.78, 5) is 0. The lowest BCUT2D eigenvalue weighted by Gasteiger charge is -2.33. The second kappa shape index (κ2) is 9.63. The van der Waals surface area contributed by atoms with E-state index in [0.29, 0.717) is 29.3 Å². The zero-order valence-corrected chi connectivity index (χ0v) is 18.4. The zero-order chi connectivity index (χ0) is 20.9. The number of aryl methyl sites for hydroxylation is 2. The Labute approximate surface area is 174 Å². The minimum Gasteiger partial charge on any atom is -0.453 e. The van der Waals surface area contributed by atoms with Crippen LogP contribution in [0.3, 0.4) is 0 Å². The van der Waals surface area contributed by atoms with E-state index in [0.717, 1.165) is 44.1 Å². The number of hydrogen-bond acceptors (Lipinski definition) is 5. The van der Waals surface area contributed by atoms with Gasteiger partial charge in [-0.25, -0.2) is 0 Å². The second-order valence-electron chi connectivity index (χ2n) is 7.51. The monoisotopic (exact) mass is 417 g/mol. The maximum Gasteiger partial charge on any atom is 0.288 e. The van der Waals surface area contributed by atoms with Gasteiger partial charge >= 0.3 is 0 Å². The van der Waals surface area contributed by atoms with E-state index in [1.165, 1.54) is 10.6 Å². The SMILES string of the molecule is CCCCc1cc(CCCC)c2c(c1)Oc1ccccc1N2OS(=O)(=O)CCC. The van der Waals surface area contributed by atoms with Crippen molar-refractivity contribution in [1.82, 2.24) is 0 Å². The minimum absolute atomic E-state index is 0.0270. The summed E-state index contributed by atoms with van der Waals surface area (Å²) in [5.74, 6) is 1.23. The predicted octanol–water partition coefficient (Wildman–Crippen LogP) is 6.29. The Morgan fingerprint density at radius 2 is 1.66 bits per heavy atom. The summed E-state index contributed by atoms with van der Waals surface area (Å²) in [7, 11) is -3.71. The molecule has 0 fully saturated rings. The van der Waals surface area contributed by atoms with Crippen LogP contribution in [-0.4, -0.2) is 14.2 Å². The smallest absolute Gasteiger partial charge is 0.288 e. The summed E-state index contributed by atoms with van der Waals surface area (Å²) in [6, 6.07) is 11.6. The van der Waals surface area contributed by atoms with Gasteiger partial charge in [-0.2, -0.15) is 13.5 Å². The third kappa shape index (κ3) is 5.11. The molecule has 0 radical (unpaired) electrons. The normalized spacial score (nSPS) is 13.0. The van der Waals surface area contributed by atoms with Crippen molar-refractivity contribution in [3.05, 3.63) is 47.5 Å². The third-order valence-electron chi connectivity index (χ3n) is 4.98. The molecule has 29 heavy (non-hydrogen) atoms. The molecule has 2 aromatic rings. The Hall–Kier alpha value is -2.05. The van der Waals surface area contributed by atoms with Crippen LogP contribution in [0.1, 0.15) is 64.0 Å². The highest BCUT2D eigenvalue weighted by Crippen LogP contribution is 2.49. The number of ether oxygens (including phenoxy) is 1. The van der Waals surface area contributed by atoms with Gasteiger partial charge in [0.2, 0.25) is 0 Å². The van der Waals surface area contributed by atoms with Gasteiger partial charge in [0, 0.05) is 0 Å². The van der Waals surface area contributed by atoms with Gasteiger partial charge in [0.25, 0.3) is 10.1 Å². The first-order valence-electron chi connectivity index (χ1n) is 10.6. The van der Waals surface area contributed by atoms with Gasteiger partial charge < -0.3 is 4.74 Å². The van der Waals surface area contributed by atoms with E-state index in [1.807, 2.05) is 37.3 Å². The zero-order valence-electron chi connectivity index (χ0n) is 17.6. The molecular formula is C23H31NO4S. The van der Waals surface area contributed by atoms with E-state index in [-0.39, 0.29) is 5.75 Å². The number of hydrogen-bond donors (Lipinski definition) is 0. The Balaban J connectivity index is 2.12. The van der Waals surface area contributed by atoms with Gasteiger partial charge in [0.15, 0.2) is 11.5 Å². The summed E-state index contributed by atoms with van der Waals surface area (Å²) in [6.45, 7) is 6.16. The first kappa shape index (κ1) is 21.7. The molecule has 0 atom stereocenters. The van der Waals surface area contributed by atoms with Crippen molar-refractivity contribution in [2.45, 2.75) is 65.7 Å². The van der Waals surface area contributed by atoms with E-state index < -0.39 is 10.1 Å². The van der Waals surface area contributed by atoms with Crippen LogP contribution in [0.2, 0.25) is 0 Å². The van der Waals surface area contributed by atoms with Gasteiger partial charge in [-0.05, 0) is 61.4 Å². The van der Waals surface area contributed by atoms with Crippen LogP contribution >= 0.6 is 0 Å². The van der Waals surface area contributed by atoms with E-state index in [4.69, 9.17) is 9.02 Å². The maximum atomic E-state index is 12.5. The van der Waals surface area contributed by atoms with Crippen LogP contribution < -0.4 is 9.80 Å². The topological polar surface area (TPSA) is 55.8 Å². The standard InChI is InChI=1S/C23H31NO4S/c1-4-7-11-18-16-19(12-8-5-2)23-22(17-18)27-21-14-10-9-13-20(21)24(23)28-29(25,26)15-6-3/h9-10,13-14,16-17H,4-8,11-12,15H2,1-3H3. The van der Waals surface area contributed by atoms with Crippen LogP contribution in [0.4, 0.5) is 11.4 Å². The number of unbranched alkanes of at least 4 members (excludes halogenated alkanes) is 2. The minimum atomic E-state index is -3.71. The number of nitrogens with zero attached hydrogens (tertiary/aromatic N) is 1. The molecule has 1 heterocycles. The number of fused-ring (bicyclic) bond motifs is 2. The largest absolute Gasteiger partial charge is 0.453 e. The molecule has 0 aliphatic carbocycles. The van der Waals surface area contributed by atoms with Crippen LogP contribution in [-0.2, 0) is 27.2 Å². The molecule has 0 unspecified atom stereocenters. The molecule has 0 saturated heterocycles. The predicted molar refractivity (Wildman–Crippen MR) is 117 cm³/mol. The van der Waals surface area contributed by atoms with Gasteiger partial charge in [-0.1, -0.05) is 51.8 Å². The van der Waals surface area contributed by atoms with Crippen LogP contribution in [0.15, 0.2) is 36.4 Å². The van der Waals surface area contributed by atoms with Crippen molar-refractivity contribution in [3.63, 3.8) is 0 Å². The van der Waals surface area contributed by atoms with Crippen molar-refractivity contribution in [1.29, 1.82) is 0 Å². The molecule has 0 saturated carbocycles. The summed E-state index contributed by atoms with van der Waals surface area (Å²) in [6.07, 6.45) is 6.62. The Kier molecular flexibility index (Phi) is 7.19. The number of rotatable bonds is 10. The van der Waals surface area contributed by atoms with Crippen molar-refractivity contribution >= 4 is 21.5 Å². The summed E-state index contributed by atoms with van der Waals surface area (Å²) >= 11 is 0. The van der Waals surface area contributed by atoms with Crippen LogP contribution in [0.25, 0.3) is 0 Å². The number of anilines is 2. The second-order valence-corrected chi connectivity index (χ2v) is 9.18. The highest BCUT2D eigenvalue weighted by atomic mass is 32.2. The van der Waals surface area contributed by atoms with Gasteiger partial charge in [-0.15, -0.1) is 4.28 Å². The number of benzene rings is 2. The van der Waals surface area contributed by atoms with Crippen molar-refractivity contribution in [2.24, 2.45) is 0 Å². The van der Waals surface area contributed by atoms with E-state index in [2.05, 4.69) is 19.9 Å². The molecule has 158 valence electrons. The molecular weight excluding hydrogens is 386 g/mol. The molecule has 1 aliphatic rings. The lowest BCUT2D eigenvalue weighted by molar-refractivity contribution is 0.307. The Bertz CT molecular complexity index is 940. The molecule has 3 rings (SSSR count). The molecule has 0 N–H and O–H groups in total. The average Bonchev–Trinajstić information content (AvgIpc) is 2.69. The van der Waals surface area contributed by atoms with Crippen LogP contribution in [0, 0.1) is 0 Å². The third-order valence-corrected chi connectivity index (χ3v) is 6.27. The molecule has 2 aromatic carbocycles. The molecule has 0 bridgehead atoms. The van der Waals surface area contributed by atoms with Crippen LogP contribution in [0.5, 0.6) is 11.5 Å². The van der Waals surface area contributed by atoms with Crippen molar-refractivity contribution < 1.29 is 17.4 Å². The van der Waals surface area contributed by atoms with E-state index in [9.17, 15) is 8.42 Å². The molecule has 0 amide bonds. The first-order chi connectivity index (χ1) is 14.0. The lowest BCUT2D eigenvalue weighted by atomic mass is 9.98. The average molecular weight is 418 g/mol. The van der Waals surface area contributed by atoms with Gasteiger partial charge in [0.1, 0.15) is 11.4 Å². The molecule has 5 nitrogen and oxygen atoms in total.